The summed E-state index contributed by atoms with van der Waals surface area (Å²) >= 11 is 6.02. The third-order valence-electron chi connectivity index (χ3n) is 5.06. The summed E-state index contributed by atoms with van der Waals surface area (Å²) in [6.07, 6.45) is 2.93. The summed E-state index contributed by atoms with van der Waals surface area (Å²) in [5.41, 5.74) is 2.25. The van der Waals surface area contributed by atoms with Gasteiger partial charge in [-0.3, -0.25) is 4.79 Å². The molecular formula is C21H26ClN3O3S. The Morgan fingerprint density at radius 2 is 2.10 bits per heavy atom. The number of carbonyl (C=O) groups is 1. The number of benzene rings is 1. The molecule has 1 atom stereocenters. The molecule has 0 spiro atoms. The number of anilines is 2. The van der Waals surface area contributed by atoms with Crippen LogP contribution in [0, 0.1) is 5.92 Å². The molecule has 156 valence electrons. The number of amides is 1. The Morgan fingerprint density at radius 3 is 2.76 bits per heavy atom. The molecule has 1 aromatic carbocycles. The quantitative estimate of drug-likeness (QED) is 0.681. The zero-order chi connectivity index (χ0) is 21.0. The molecule has 1 saturated heterocycles. The molecule has 1 amide bonds. The molecule has 1 aliphatic rings. The molecule has 1 aliphatic heterocycles. The molecule has 2 aromatic rings. The lowest BCUT2D eigenvalue weighted by Crippen LogP contribution is -2.27. The summed E-state index contributed by atoms with van der Waals surface area (Å²) in [5, 5.41) is 6.75. The van der Waals surface area contributed by atoms with Gasteiger partial charge in [-0.2, -0.15) is 0 Å². The fraction of sp³-hybridized carbons (Fsp3) is 0.429. The number of pyridine rings is 1. The highest BCUT2D eigenvalue weighted by molar-refractivity contribution is 7.91. The van der Waals surface area contributed by atoms with E-state index in [0.717, 1.165) is 11.3 Å². The van der Waals surface area contributed by atoms with Gasteiger partial charge < -0.3 is 10.6 Å². The van der Waals surface area contributed by atoms with Crippen LogP contribution in [0.4, 0.5) is 11.5 Å². The van der Waals surface area contributed by atoms with E-state index in [2.05, 4.69) is 15.6 Å². The highest BCUT2D eigenvalue weighted by Crippen LogP contribution is 2.25. The Hall–Kier alpha value is -2.12. The van der Waals surface area contributed by atoms with Crippen molar-refractivity contribution in [2.24, 2.45) is 5.92 Å². The van der Waals surface area contributed by atoms with Crippen LogP contribution in [-0.2, 0) is 9.84 Å². The largest absolute Gasteiger partial charge is 0.352 e. The van der Waals surface area contributed by atoms with Crippen LogP contribution in [-0.4, -0.2) is 37.4 Å². The van der Waals surface area contributed by atoms with Crippen LogP contribution >= 0.6 is 11.6 Å². The summed E-state index contributed by atoms with van der Waals surface area (Å²) in [4.78, 5) is 17.1. The number of carbonyl (C=O) groups excluding carboxylic acids is 1. The number of nitrogens with zero attached hydrogens (tertiary/aromatic N) is 1. The molecule has 2 N–H and O–H groups in total. The highest BCUT2D eigenvalue weighted by Gasteiger charge is 2.27. The number of aromatic nitrogens is 1. The second-order valence-corrected chi connectivity index (χ2v) is 10.4. The molecule has 6 nitrogen and oxygen atoms in total. The first-order valence-electron chi connectivity index (χ1n) is 9.74. The summed E-state index contributed by atoms with van der Waals surface area (Å²) in [6, 6.07) is 9.23. The third kappa shape index (κ3) is 5.93. The lowest BCUT2D eigenvalue weighted by Gasteiger charge is -2.15. The molecule has 29 heavy (non-hydrogen) atoms. The minimum absolute atomic E-state index is 0.132. The standard InChI is InChI=1S/C21H26ClN3O3S/c1-14(2)18-11-20(25-17-5-3-4-16(22)10-17)24-12-19(18)21(26)23-8-6-15-7-9-29(27,28)13-15/h3-5,10-12,14-15H,6-9,13H2,1-2H3,(H,23,26)(H,24,25). The molecule has 1 unspecified atom stereocenters. The lowest BCUT2D eigenvalue weighted by molar-refractivity contribution is 0.0950. The van der Waals surface area contributed by atoms with Gasteiger partial charge in [0.25, 0.3) is 5.91 Å². The van der Waals surface area contributed by atoms with Crippen molar-refractivity contribution in [3.05, 3.63) is 52.7 Å². The van der Waals surface area contributed by atoms with E-state index in [-0.39, 0.29) is 29.2 Å². The summed E-state index contributed by atoms with van der Waals surface area (Å²) in [6.45, 7) is 4.51. The molecule has 0 aliphatic carbocycles. The zero-order valence-corrected chi connectivity index (χ0v) is 18.2. The van der Waals surface area contributed by atoms with Gasteiger partial charge in [-0.15, -0.1) is 0 Å². The first kappa shape index (κ1) is 21.6. The van der Waals surface area contributed by atoms with Gasteiger partial charge in [0, 0.05) is 23.5 Å². The number of hydrogen-bond donors (Lipinski definition) is 2. The van der Waals surface area contributed by atoms with Crippen LogP contribution in [0.15, 0.2) is 36.5 Å². The second-order valence-electron chi connectivity index (χ2n) is 7.76. The van der Waals surface area contributed by atoms with Crippen molar-refractivity contribution in [3.8, 4) is 0 Å². The first-order valence-corrected chi connectivity index (χ1v) is 11.9. The van der Waals surface area contributed by atoms with E-state index >= 15 is 0 Å². The van der Waals surface area contributed by atoms with E-state index in [9.17, 15) is 13.2 Å². The smallest absolute Gasteiger partial charge is 0.253 e. The average Bonchev–Trinajstić information content (AvgIpc) is 3.00. The number of hydrogen-bond acceptors (Lipinski definition) is 5. The molecule has 1 aromatic heterocycles. The Balaban J connectivity index is 1.65. The van der Waals surface area contributed by atoms with Crippen molar-refractivity contribution < 1.29 is 13.2 Å². The predicted molar refractivity (Wildman–Crippen MR) is 117 cm³/mol. The third-order valence-corrected chi connectivity index (χ3v) is 7.14. The summed E-state index contributed by atoms with van der Waals surface area (Å²) in [5.74, 6) is 1.21. The summed E-state index contributed by atoms with van der Waals surface area (Å²) in [7, 11) is -2.89. The Labute approximate surface area is 177 Å². The van der Waals surface area contributed by atoms with Gasteiger partial charge in [0.15, 0.2) is 9.84 Å². The lowest BCUT2D eigenvalue weighted by atomic mass is 9.98. The van der Waals surface area contributed by atoms with E-state index in [1.165, 1.54) is 0 Å². The van der Waals surface area contributed by atoms with Crippen molar-refractivity contribution in [2.75, 3.05) is 23.4 Å². The normalized spacial score (nSPS) is 18.0. The SMILES string of the molecule is CC(C)c1cc(Nc2cccc(Cl)c2)ncc1C(=O)NCCC1CCS(=O)(=O)C1. The molecule has 1 fully saturated rings. The molecule has 0 bridgehead atoms. The van der Waals surface area contributed by atoms with Crippen molar-refractivity contribution in [1.82, 2.24) is 10.3 Å². The number of rotatable bonds is 7. The van der Waals surface area contributed by atoms with Gasteiger partial charge in [0.05, 0.1) is 17.1 Å². The van der Waals surface area contributed by atoms with Crippen LogP contribution in [0.5, 0.6) is 0 Å². The van der Waals surface area contributed by atoms with Crippen LogP contribution in [0.2, 0.25) is 5.02 Å². The number of halogens is 1. The molecule has 3 rings (SSSR count). The van der Waals surface area contributed by atoms with Gasteiger partial charge in [0.1, 0.15) is 5.82 Å². The van der Waals surface area contributed by atoms with Gasteiger partial charge >= 0.3 is 0 Å². The Bertz CT molecular complexity index is 992. The second kappa shape index (κ2) is 9.13. The number of nitrogens with one attached hydrogen (secondary N) is 2. The first-order chi connectivity index (χ1) is 13.7. The maximum atomic E-state index is 12.7. The van der Waals surface area contributed by atoms with Gasteiger partial charge in [-0.05, 0) is 54.5 Å². The van der Waals surface area contributed by atoms with Crippen LogP contribution in [0.3, 0.4) is 0 Å². The number of sulfone groups is 1. The predicted octanol–water partition coefficient (Wildman–Crippen LogP) is 4.16. The van der Waals surface area contributed by atoms with E-state index in [1.54, 1.807) is 12.3 Å². The fourth-order valence-corrected chi connectivity index (χ4v) is 5.61. The topological polar surface area (TPSA) is 88.2 Å². The van der Waals surface area contributed by atoms with E-state index < -0.39 is 9.84 Å². The molecule has 2 heterocycles. The minimum Gasteiger partial charge on any atom is -0.352 e. The van der Waals surface area contributed by atoms with Crippen molar-refractivity contribution in [3.63, 3.8) is 0 Å². The Kier molecular flexibility index (Phi) is 6.80. The monoisotopic (exact) mass is 435 g/mol. The van der Waals surface area contributed by atoms with Crippen LogP contribution in [0.1, 0.15) is 48.5 Å². The van der Waals surface area contributed by atoms with Gasteiger partial charge in [-0.1, -0.05) is 31.5 Å². The van der Waals surface area contributed by atoms with Crippen molar-refractivity contribution in [2.45, 2.75) is 32.6 Å². The average molecular weight is 436 g/mol. The summed E-state index contributed by atoms with van der Waals surface area (Å²) < 4.78 is 23.1. The minimum atomic E-state index is -2.89. The molecule has 0 saturated carbocycles. The highest BCUT2D eigenvalue weighted by atomic mass is 35.5. The fourth-order valence-electron chi connectivity index (χ4n) is 3.51. The molecule has 8 heteroatoms. The van der Waals surface area contributed by atoms with Crippen LogP contribution in [0.25, 0.3) is 0 Å². The van der Waals surface area contributed by atoms with E-state index in [4.69, 9.17) is 11.6 Å². The maximum Gasteiger partial charge on any atom is 0.253 e. The van der Waals surface area contributed by atoms with E-state index in [1.807, 2.05) is 38.1 Å². The zero-order valence-electron chi connectivity index (χ0n) is 16.6. The maximum absolute atomic E-state index is 12.7. The Morgan fingerprint density at radius 1 is 1.31 bits per heavy atom. The molecular weight excluding hydrogens is 410 g/mol. The van der Waals surface area contributed by atoms with Crippen molar-refractivity contribution in [1.29, 1.82) is 0 Å². The van der Waals surface area contributed by atoms with Gasteiger partial charge in [-0.25, -0.2) is 13.4 Å². The van der Waals surface area contributed by atoms with Crippen LogP contribution < -0.4 is 10.6 Å². The van der Waals surface area contributed by atoms with Crippen molar-refractivity contribution >= 4 is 38.9 Å². The molecule has 0 radical (unpaired) electrons. The van der Waals surface area contributed by atoms with E-state index in [0.29, 0.717) is 35.8 Å². The van der Waals surface area contributed by atoms with Gasteiger partial charge in [0.2, 0.25) is 0 Å².